The van der Waals surface area contributed by atoms with Gasteiger partial charge in [-0.2, -0.15) is 0 Å². The number of nitrogens with one attached hydrogen (secondary N) is 1. The Morgan fingerprint density at radius 1 is 1.36 bits per heavy atom. The van der Waals surface area contributed by atoms with Gasteiger partial charge in [-0.3, -0.25) is 9.59 Å². The number of carbonyl (C=O) groups is 2. The number of nitrogens with zero attached hydrogens (tertiary/aromatic N) is 1. The summed E-state index contributed by atoms with van der Waals surface area (Å²) >= 11 is 6.07. The molecule has 28 heavy (non-hydrogen) atoms. The Labute approximate surface area is 166 Å². The molecule has 0 saturated carbocycles. The lowest BCUT2D eigenvalue weighted by atomic mass is 9.95. The maximum atomic E-state index is 13.0. The summed E-state index contributed by atoms with van der Waals surface area (Å²) in [5, 5.41) is 14.5. The van der Waals surface area contributed by atoms with Crippen LogP contribution in [-0.2, 0) is 16.0 Å². The van der Waals surface area contributed by atoms with E-state index in [0.717, 1.165) is 6.42 Å². The molecule has 3 rings (SSSR count). The monoisotopic (exact) mass is 404 g/mol. The highest BCUT2D eigenvalue weighted by atomic mass is 35.5. The Hall–Kier alpha value is -2.64. The predicted octanol–water partition coefficient (Wildman–Crippen LogP) is 4.20. The van der Waals surface area contributed by atoms with Crippen molar-refractivity contribution in [3.63, 3.8) is 0 Å². The maximum Gasteiger partial charge on any atom is 0.310 e. The van der Waals surface area contributed by atoms with Crippen LogP contribution in [0.15, 0.2) is 28.8 Å². The molecule has 0 bridgehead atoms. The Morgan fingerprint density at radius 3 is 2.86 bits per heavy atom. The van der Waals surface area contributed by atoms with Gasteiger partial charge in [0.05, 0.1) is 17.3 Å². The predicted molar refractivity (Wildman–Crippen MR) is 104 cm³/mol. The number of carbonyl (C=O) groups excluding carboxylic acids is 1. The van der Waals surface area contributed by atoms with Crippen LogP contribution in [0.3, 0.4) is 0 Å². The van der Waals surface area contributed by atoms with E-state index in [1.807, 2.05) is 6.92 Å². The topological polar surface area (TPSA) is 105 Å². The smallest absolute Gasteiger partial charge is 0.310 e. The van der Waals surface area contributed by atoms with Crippen LogP contribution in [0.4, 0.5) is 0 Å². The molecule has 0 aliphatic carbocycles. The minimum absolute atomic E-state index is 0.0582. The van der Waals surface area contributed by atoms with Gasteiger partial charge in [0, 0.05) is 40.8 Å². The number of aliphatic carboxylic acids is 1. The van der Waals surface area contributed by atoms with E-state index in [-0.39, 0.29) is 11.5 Å². The number of carboxylic acid groups (broad SMARTS) is 1. The van der Waals surface area contributed by atoms with Crippen molar-refractivity contribution in [1.29, 1.82) is 0 Å². The molecule has 0 fully saturated rings. The number of ketones is 1. The van der Waals surface area contributed by atoms with Crippen molar-refractivity contribution >= 4 is 34.3 Å². The second-order valence-corrected chi connectivity index (χ2v) is 6.91. The number of hydrogen-bond donors (Lipinski definition) is 2. The minimum atomic E-state index is -1.04. The van der Waals surface area contributed by atoms with Gasteiger partial charge in [0.2, 0.25) is 11.5 Å². The Balaban J connectivity index is 1.94. The molecule has 148 valence electrons. The zero-order chi connectivity index (χ0) is 20.3. The fourth-order valence-electron chi connectivity index (χ4n) is 3.10. The third-order valence-electron chi connectivity index (χ3n) is 4.54. The van der Waals surface area contributed by atoms with Crippen LogP contribution in [0, 0.1) is 0 Å². The van der Waals surface area contributed by atoms with Gasteiger partial charge in [-0.1, -0.05) is 16.8 Å². The molecular weight excluding hydrogens is 384 g/mol. The quantitative estimate of drug-likeness (QED) is 0.409. The van der Waals surface area contributed by atoms with Crippen molar-refractivity contribution in [2.45, 2.75) is 32.6 Å². The molecule has 3 aromatic rings. The molecule has 2 aromatic heterocycles. The van der Waals surface area contributed by atoms with Crippen LogP contribution in [0.2, 0.25) is 5.02 Å². The van der Waals surface area contributed by atoms with Crippen LogP contribution < -0.4 is 0 Å². The van der Waals surface area contributed by atoms with Crippen molar-refractivity contribution in [3.8, 4) is 0 Å². The number of rotatable bonds is 9. The van der Waals surface area contributed by atoms with Crippen LogP contribution in [0.25, 0.3) is 10.9 Å². The summed E-state index contributed by atoms with van der Waals surface area (Å²) in [5.41, 5.74) is 1.83. The van der Waals surface area contributed by atoms with Gasteiger partial charge >= 0.3 is 5.97 Å². The molecule has 2 N–H and O–H groups in total. The third-order valence-corrected chi connectivity index (χ3v) is 4.77. The summed E-state index contributed by atoms with van der Waals surface area (Å²) in [4.78, 5) is 27.6. The highest BCUT2D eigenvalue weighted by Crippen LogP contribution is 2.33. The number of H-pyrrole nitrogens is 1. The molecule has 8 heteroatoms. The van der Waals surface area contributed by atoms with Gasteiger partial charge in [-0.05, 0) is 44.9 Å². The van der Waals surface area contributed by atoms with Gasteiger partial charge in [0.25, 0.3) is 0 Å². The highest BCUT2D eigenvalue weighted by Gasteiger charge is 2.28. The fraction of sp³-hybridized carbons (Fsp3) is 0.350. The van der Waals surface area contributed by atoms with Gasteiger partial charge in [0.15, 0.2) is 0 Å². The average molecular weight is 405 g/mol. The number of benzene rings is 1. The zero-order valence-corrected chi connectivity index (χ0v) is 16.4. The summed E-state index contributed by atoms with van der Waals surface area (Å²) < 4.78 is 10.5. The summed E-state index contributed by atoms with van der Waals surface area (Å²) in [6, 6.07) is 6.63. The summed E-state index contributed by atoms with van der Waals surface area (Å²) in [5.74, 6) is -2.33. The number of ether oxygens (including phenoxy) is 1. The molecule has 1 atom stereocenters. The number of fused-ring (bicyclic) bond motifs is 1. The molecule has 0 radical (unpaired) electrons. The lowest BCUT2D eigenvalue weighted by molar-refractivity contribution is -0.138. The van der Waals surface area contributed by atoms with Gasteiger partial charge in [0.1, 0.15) is 0 Å². The molecule has 0 amide bonds. The van der Waals surface area contributed by atoms with Crippen molar-refractivity contribution in [2.24, 2.45) is 0 Å². The molecule has 7 nitrogen and oxygen atoms in total. The minimum Gasteiger partial charge on any atom is -0.481 e. The summed E-state index contributed by atoms with van der Waals surface area (Å²) in [7, 11) is 0. The summed E-state index contributed by atoms with van der Waals surface area (Å²) in [6.45, 7) is 4.71. The third kappa shape index (κ3) is 4.10. The van der Waals surface area contributed by atoms with E-state index in [2.05, 4.69) is 10.1 Å². The maximum absolute atomic E-state index is 13.0. The SMILES string of the molecule is CCOCCCc1cc(C(=O)c2[nH]c3ccc(Cl)cc3c2C(C)C(=O)O)on1. The number of aromatic amines is 1. The fourth-order valence-corrected chi connectivity index (χ4v) is 3.27. The van der Waals surface area contributed by atoms with E-state index in [0.29, 0.717) is 46.8 Å². The Morgan fingerprint density at radius 2 is 2.14 bits per heavy atom. The van der Waals surface area contributed by atoms with Gasteiger partial charge in [-0.15, -0.1) is 0 Å². The van der Waals surface area contributed by atoms with E-state index in [1.54, 1.807) is 24.3 Å². The molecule has 1 unspecified atom stereocenters. The summed E-state index contributed by atoms with van der Waals surface area (Å²) in [6.07, 6.45) is 1.39. The van der Waals surface area contributed by atoms with Crippen molar-refractivity contribution in [1.82, 2.24) is 10.1 Å². The van der Waals surface area contributed by atoms with Gasteiger partial charge < -0.3 is 19.4 Å². The van der Waals surface area contributed by atoms with E-state index in [1.165, 1.54) is 6.92 Å². The first kappa shape index (κ1) is 20.1. The average Bonchev–Trinajstić information content (AvgIpc) is 3.28. The molecule has 0 aliphatic heterocycles. The van der Waals surface area contributed by atoms with Crippen molar-refractivity contribution in [3.05, 3.63) is 52.0 Å². The van der Waals surface area contributed by atoms with Crippen molar-refractivity contribution in [2.75, 3.05) is 13.2 Å². The normalized spacial score (nSPS) is 12.4. The second-order valence-electron chi connectivity index (χ2n) is 6.48. The van der Waals surface area contributed by atoms with Crippen LogP contribution in [0.5, 0.6) is 0 Å². The van der Waals surface area contributed by atoms with Crippen LogP contribution in [-0.4, -0.2) is 40.2 Å². The highest BCUT2D eigenvalue weighted by molar-refractivity contribution is 6.31. The standard InChI is InChI=1S/C20H21ClN2O5/c1-3-27-8-4-5-13-10-16(28-23-13)19(24)18-17(11(2)20(25)26)14-9-12(21)6-7-15(14)22-18/h6-7,9-11,22H,3-5,8H2,1-2H3,(H,25,26). The number of aromatic nitrogens is 2. The van der Waals surface area contributed by atoms with Crippen molar-refractivity contribution < 1.29 is 24.0 Å². The van der Waals surface area contributed by atoms with Crippen LogP contribution in [0.1, 0.15) is 53.7 Å². The first-order valence-corrected chi connectivity index (χ1v) is 9.42. The molecule has 0 saturated heterocycles. The van der Waals surface area contributed by atoms with E-state index < -0.39 is 17.7 Å². The Kier molecular flexibility index (Phi) is 6.16. The molecule has 1 aromatic carbocycles. The number of carboxylic acids is 1. The molecule has 0 spiro atoms. The molecule has 0 aliphatic rings. The van der Waals surface area contributed by atoms with Gasteiger partial charge in [-0.25, -0.2) is 0 Å². The lowest BCUT2D eigenvalue weighted by Gasteiger charge is -2.07. The Bertz CT molecular complexity index is 1010. The lowest BCUT2D eigenvalue weighted by Crippen LogP contribution is -2.12. The number of hydrogen-bond acceptors (Lipinski definition) is 5. The number of halogens is 1. The first-order valence-electron chi connectivity index (χ1n) is 9.04. The van der Waals surface area contributed by atoms with E-state index >= 15 is 0 Å². The van der Waals surface area contributed by atoms with E-state index in [4.69, 9.17) is 20.9 Å². The zero-order valence-electron chi connectivity index (χ0n) is 15.6. The molecule has 2 heterocycles. The number of aryl methyl sites for hydroxylation is 1. The molecular formula is C20H21ClN2O5. The van der Waals surface area contributed by atoms with E-state index in [9.17, 15) is 14.7 Å². The largest absolute Gasteiger partial charge is 0.481 e. The van der Waals surface area contributed by atoms with Crippen LogP contribution >= 0.6 is 11.6 Å². The first-order chi connectivity index (χ1) is 13.4. The second kappa shape index (κ2) is 8.58.